The van der Waals surface area contributed by atoms with Crippen molar-refractivity contribution in [2.24, 2.45) is 5.84 Å². The van der Waals surface area contributed by atoms with E-state index in [0.717, 1.165) is 0 Å². The lowest BCUT2D eigenvalue weighted by atomic mass is 9.99. The van der Waals surface area contributed by atoms with Crippen molar-refractivity contribution < 1.29 is 22.9 Å². The quantitative estimate of drug-likeness (QED) is 0.257. The number of quaternary nitrogens is 1. The van der Waals surface area contributed by atoms with Crippen molar-refractivity contribution in [2.45, 2.75) is 45.6 Å². The van der Waals surface area contributed by atoms with Crippen LogP contribution in [0.1, 0.15) is 40.0 Å². The van der Waals surface area contributed by atoms with Crippen molar-refractivity contribution in [3.63, 3.8) is 0 Å². The van der Waals surface area contributed by atoms with Crippen LogP contribution < -0.4 is 11.3 Å². The molecule has 0 unspecified atom stereocenters. The van der Waals surface area contributed by atoms with Crippen molar-refractivity contribution in [3.8, 4) is 0 Å². The molecule has 0 aliphatic rings. The summed E-state index contributed by atoms with van der Waals surface area (Å²) in [6, 6.07) is 0. The molecule has 0 amide bonds. The summed E-state index contributed by atoms with van der Waals surface area (Å²) < 4.78 is 32.8. The maximum absolute atomic E-state index is 8.63. The largest absolute Gasteiger partial charge is 0.726 e. The molecule has 0 aromatic carbocycles. The fourth-order valence-corrected chi connectivity index (χ4v) is 0.716. The molecule has 0 spiro atoms. The number of nitrogens with two attached hydrogens (primary N) is 2. The molecule has 0 atom stereocenters. The topological polar surface area (TPSA) is 120 Å². The summed E-state index contributed by atoms with van der Waals surface area (Å²) in [6.45, 7) is 6.54. The lowest BCUT2D eigenvalue weighted by molar-refractivity contribution is -0.733. The van der Waals surface area contributed by atoms with Gasteiger partial charge < -0.3 is 4.55 Å². The van der Waals surface area contributed by atoms with Crippen LogP contribution in [0.4, 0.5) is 0 Å². The predicted octanol–water partition coefficient (Wildman–Crippen LogP) is -0.603. The molecule has 7 heteroatoms. The molecule has 6 nitrogen and oxygen atoms in total. The van der Waals surface area contributed by atoms with Crippen molar-refractivity contribution in [3.05, 3.63) is 0 Å². The van der Waals surface area contributed by atoms with Crippen LogP contribution in [0.3, 0.4) is 0 Å². The third kappa shape index (κ3) is 22.6. The Kier molecular flexibility index (Phi) is 8.27. The summed E-state index contributed by atoms with van der Waals surface area (Å²) >= 11 is 0. The molecule has 0 aliphatic carbocycles. The number of hydrogen-bond donors (Lipinski definition) is 3. The van der Waals surface area contributed by atoms with Gasteiger partial charge in [-0.3, -0.25) is 9.98 Å². The van der Waals surface area contributed by atoms with Crippen molar-refractivity contribution in [1.29, 1.82) is 0 Å². The summed E-state index contributed by atoms with van der Waals surface area (Å²) in [5.41, 5.74) is 2.04. The lowest BCUT2D eigenvalue weighted by Gasteiger charge is -2.18. The van der Waals surface area contributed by atoms with Gasteiger partial charge in [0.25, 0.3) is 0 Å². The lowest BCUT2D eigenvalue weighted by Crippen LogP contribution is -3.01. The molecule has 0 saturated carbocycles. The van der Waals surface area contributed by atoms with Gasteiger partial charge in [-0.15, -0.1) is 0 Å². The third-order valence-electron chi connectivity index (χ3n) is 1.63. The highest BCUT2D eigenvalue weighted by Crippen LogP contribution is 2.06. The van der Waals surface area contributed by atoms with Gasteiger partial charge in [0.1, 0.15) is 5.54 Å². The van der Waals surface area contributed by atoms with Crippen LogP contribution in [-0.2, 0) is 10.4 Å². The van der Waals surface area contributed by atoms with E-state index in [1.54, 1.807) is 5.43 Å². The van der Waals surface area contributed by atoms with Crippen molar-refractivity contribution >= 4 is 10.4 Å². The molecule has 0 saturated heterocycles. The van der Waals surface area contributed by atoms with Gasteiger partial charge in [-0.1, -0.05) is 13.3 Å². The van der Waals surface area contributed by atoms with Gasteiger partial charge in [-0.05, 0) is 20.3 Å². The van der Waals surface area contributed by atoms with Crippen molar-refractivity contribution in [2.75, 3.05) is 0 Å². The van der Waals surface area contributed by atoms with Crippen LogP contribution in [0.15, 0.2) is 0 Å². The molecule has 0 radical (unpaired) electrons. The normalized spacial score (nSPS) is 11.9. The zero-order valence-corrected chi connectivity index (χ0v) is 9.67. The molecule has 0 heterocycles. The highest BCUT2D eigenvalue weighted by molar-refractivity contribution is 7.79. The molecule has 0 aromatic heterocycles. The van der Waals surface area contributed by atoms with Gasteiger partial charge >= 0.3 is 0 Å². The molecule has 0 aromatic rings. The van der Waals surface area contributed by atoms with Gasteiger partial charge in [-0.25, -0.2) is 8.42 Å². The van der Waals surface area contributed by atoms with E-state index in [1.165, 1.54) is 19.3 Å². The Morgan fingerprint density at radius 1 is 1.50 bits per heavy atom. The van der Waals surface area contributed by atoms with Gasteiger partial charge in [0.15, 0.2) is 0 Å². The third-order valence-corrected chi connectivity index (χ3v) is 1.63. The minimum absolute atomic E-state index is 0.246. The predicted molar refractivity (Wildman–Crippen MR) is 52.0 cm³/mol. The number of unbranched alkanes of at least 4 members (excludes halogenated alkanes) is 1. The van der Waals surface area contributed by atoms with Crippen LogP contribution in [0.25, 0.3) is 0 Å². The van der Waals surface area contributed by atoms with Crippen LogP contribution >= 0.6 is 0 Å². The van der Waals surface area contributed by atoms with Crippen LogP contribution in [0.2, 0.25) is 0 Å². The summed E-state index contributed by atoms with van der Waals surface area (Å²) in [7, 11) is -4.92. The van der Waals surface area contributed by atoms with E-state index >= 15 is 0 Å². The first kappa shape index (κ1) is 16.2. The smallest absolute Gasteiger partial charge is 0.215 e. The molecule has 88 valence electrons. The Balaban J connectivity index is 0. The molecule has 5 N–H and O–H groups in total. The van der Waals surface area contributed by atoms with Crippen molar-refractivity contribution in [1.82, 2.24) is 0 Å². The minimum atomic E-state index is -4.92. The van der Waals surface area contributed by atoms with Crippen LogP contribution in [0.5, 0.6) is 0 Å². The highest BCUT2D eigenvalue weighted by Gasteiger charge is 2.17. The summed E-state index contributed by atoms with van der Waals surface area (Å²) in [6.07, 6.45) is 3.75. The number of hydrogen-bond acceptors (Lipinski definition) is 4. The standard InChI is InChI=1S/C7H18N2.H2O4S/c1-4-5-6-7(2,3)9-8;1-5(2,3)4/h9H,4-6,8H2,1-3H3;(H2,1,2,3,4). The summed E-state index contributed by atoms with van der Waals surface area (Å²) in [5.74, 6) is 5.42. The molecule has 0 rings (SSSR count). The Labute approximate surface area is 85.4 Å². The molecule has 14 heavy (non-hydrogen) atoms. The fourth-order valence-electron chi connectivity index (χ4n) is 0.716. The first-order chi connectivity index (χ1) is 6.12. The minimum Gasteiger partial charge on any atom is -0.726 e. The molecule has 0 bridgehead atoms. The van der Waals surface area contributed by atoms with E-state index in [9.17, 15) is 0 Å². The summed E-state index contributed by atoms with van der Waals surface area (Å²) in [4.78, 5) is 0. The second kappa shape index (κ2) is 7.13. The van der Waals surface area contributed by atoms with Gasteiger partial charge in [0, 0.05) is 6.42 Å². The second-order valence-corrected chi connectivity index (χ2v) is 4.54. The Morgan fingerprint density at radius 2 is 1.86 bits per heavy atom. The van der Waals surface area contributed by atoms with Gasteiger partial charge in [0.2, 0.25) is 10.4 Å². The molecule has 0 aliphatic heterocycles. The average Bonchev–Trinajstić information content (AvgIpc) is 1.98. The molecular formula is C7H20N2O4S. The average molecular weight is 228 g/mol. The second-order valence-electron chi connectivity index (χ2n) is 3.69. The maximum atomic E-state index is 8.63. The zero-order valence-electron chi connectivity index (χ0n) is 8.86. The highest BCUT2D eigenvalue weighted by atomic mass is 32.3. The van der Waals surface area contributed by atoms with Gasteiger partial charge in [0.05, 0.1) is 0 Å². The van der Waals surface area contributed by atoms with E-state index in [-0.39, 0.29) is 5.54 Å². The maximum Gasteiger partial charge on any atom is 0.215 e. The first-order valence-electron chi connectivity index (χ1n) is 4.37. The summed E-state index contributed by atoms with van der Waals surface area (Å²) in [5, 5.41) is 0. The Bertz CT molecular complexity index is 218. The van der Waals surface area contributed by atoms with E-state index in [2.05, 4.69) is 20.8 Å². The fraction of sp³-hybridized carbons (Fsp3) is 1.00. The number of rotatable bonds is 4. The first-order valence-corrected chi connectivity index (χ1v) is 5.73. The Hall–Kier alpha value is -0.210. The van der Waals surface area contributed by atoms with Gasteiger partial charge in [-0.2, -0.15) is 5.84 Å². The van der Waals surface area contributed by atoms with Crippen LogP contribution in [-0.4, -0.2) is 23.1 Å². The monoisotopic (exact) mass is 228 g/mol. The van der Waals surface area contributed by atoms with E-state index in [4.69, 9.17) is 23.4 Å². The van der Waals surface area contributed by atoms with E-state index < -0.39 is 10.4 Å². The van der Waals surface area contributed by atoms with Crippen LogP contribution in [0, 0.1) is 0 Å². The molecular weight excluding hydrogens is 208 g/mol. The van der Waals surface area contributed by atoms with E-state index in [0.29, 0.717) is 0 Å². The zero-order chi connectivity index (χ0) is 11.8. The Morgan fingerprint density at radius 3 is 2.07 bits per heavy atom. The van der Waals surface area contributed by atoms with E-state index in [1.807, 2.05) is 0 Å². The SMILES string of the molecule is CCCCC(C)(C)[NH2+]N.O=S(=O)([O-])O. The molecule has 0 fully saturated rings.